The molecule has 5 N–H and O–H groups in total. The molecule has 8 fully saturated rings. The van der Waals surface area contributed by atoms with Crippen molar-refractivity contribution >= 4 is 17.7 Å². The summed E-state index contributed by atoms with van der Waals surface area (Å²) < 4.78 is 45.6. The van der Waals surface area contributed by atoms with Crippen LogP contribution in [-0.2, 0) is 38.0 Å². The minimum Gasteiger partial charge on any atom is -0.479 e. The predicted molar refractivity (Wildman–Crippen MR) is 214 cm³/mol. The van der Waals surface area contributed by atoms with Crippen LogP contribution in [0.25, 0.3) is 0 Å². The summed E-state index contributed by atoms with van der Waals surface area (Å²) in [6, 6.07) is 0. The topological polar surface area (TPSA) is 183 Å². The van der Waals surface area contributed by atoms with Gasteiger partial charge in [-0.25, -0.2) is 4.79 Å². The van der Waals surface area contributed by atoms with E-state index in [9.17, 15) is 30.3 Å². The van der Waals surface area contributed by atoms with Gasteiger partial charge in [-0.3, -0.25) is 0 Å². The number of carboxylic acid groups (broad SMARTS) is 1. The van der Waals surface area contributed by atoms with Gasteiger partial charge in [-0.05, 0) is 89.0 Å². The normalized spacial score (nSPS) is 49.3. The fraction of sp³-hybridized carbons (Fsp3) is 0.886. The molecule has 0 aromatic heterocycles. The van der Waals surface area contributed by atoms with Crippen LogP contribution in [0.1, 0.15) is 125 Å². The summed E-state index contributed by atoms with van der Waals surface area (Å²) in [5, 5.41) is 54.3. The first-order valence-electron chi connectivity index (χ1n) is 22.1. The molecule has 0 radical (unpaired) electrons. The lowest BCUT2D eigenvalue weighted by Gasteiger charge is -2.50. The van der Waals surface area contributed by atoms with Gasteiger partial charge in [0.1, 0.15) is 24.4 Å². The number of hydrogen-bond donors (Lipinski definition) is 5. The highest BCUT2D eigenvalue weighted by Crippen LogP contribution is 2.67. The van der Waals surface area contributed by atoms with E-state index in [1.165, 1.54) is 6.92 Å². The zero-order chi connectivity index (χ0) is 41.4. The van der Waals surface area contributed by atoms with Crippen molar-refractivity contribution in [2.24, 2.45) is 17.8 Å². The van der Waals surface area contributed by atoms with Gasteiger partial charge in [0.15, 0.2) is 17.2 Å². The average molecular weight is 837 g/mol. The Morgan fingerprint density at radius 1 is 1.00 bits per heavy atom. The Morgan fingerprint density at radius 2 is 1.76 bits per heavy atom. The zero-order valence-electron chi connectivity index (χ0n) is 35.0. The molecule has 3 spiro atoms. The third-order valence-electron chi connectivity index (χ3n) is 14.9. The van der Waals surface area contributed by atoms with Gasteiger partial charge >= 0.3 is 5.97 Å². The smallest absolute Gasteiger partial charge is 0.335 e. The van der Waals surface area contributed by atoms with E-state index >= 15 is 0 Å². The molecule has 328 valence electrons. The Balaban J connectivity index is 0.852. The molecule has 14 heteroatoms. The van der Waals surface area contributed by atoms with E-state index in [-0.39, 0.29) is 46.6 Å². The predicted octanol–water partition coefficient (Wildman–Crippen LogP) is 5.14. The Hall–Kier alpha value is -1.14. The van der Waals surface area contributed by atoms with E-state index < -0.39 is 71.7 Å². The fourth-order valence-electron chi connectivity index (χ4n) is 11.3. The van der Waals surface area contributed by atoms with Crippen LogP contribution in [0.3, 0.4) is 0 Å². The van der Waals surface area contributed by atoms with Crippen molar-refractivity contribution in [2.45, 2.75) is 219 Å². The van der Waals surface area contributed by atoms with Crippen LogP contribution in [-0.4, -0.2) is 132 Å². The van der Waals surface area contributed by atoms with Gasteiger partial charge in [0.05, 0.1) is 48.5 Å². The van der Waals surface area contributed by atoms with Crippen LogP contribution < -0.4 is 0 Å². The minimum atomic E-state index is -1.95. The van der Waals surface area contributed by atoms with Gasteiger partial charge in [-0.2, -0.15) is 0 Å². The molecule has 0 bridgehead atoms. The molecule has 0 aromatic carbocycles. The van der Waals surface area contributed by atoms with Gasteiger partial charge in [-0.1, -0.05) is 39.5 Å². The highest BCUT2D eigenvalue weighted by molar-refractivity contribution is 8.08. The Kier molecular flexibility index (Phi) is 12.2. The molecular formula is C44H68O13S. The van der Waals surface area contributed by atoms with Crippen LogP contribution in [0.2, 0.25) is 0 Å². The summed E-state index contributed by atoms with van der Waals surface area (Å²) >= 11 is 1.72. The molecule has 8 rings (SSSR count). The van der Waals surface area contributed by atoms with Crippen molar-refractivity contribution in [3.8, 4) is 0 Å². The number of ether oxygens (including phenoxy) is 7. The zero-order valence-corrected chi connectivity index (χ0v) is 35.8. The summed E-state index contributed by atoms with van der Waals surface area (Å²) in [5.41, 5.74) is -1.52. The summed E-state index contributed by atoms with van der Waals surface area (Å²) in [7, 11) is 0. The molecule has 0 unspecified atom stereocenters. The summed E-state index contributed by atoms with van der Waals surface area (Å²) in [6.07, 6.45) is 8.13. The second-order valence-electron chi connectivity index (χ2n) is 19.7. The molecule has 58 heavy (non-hydrogen) atoms. The second kappa shape index (κ2) is 16.2. The molecule has 0 amide bonds. The first-order valence-corrected chi connectivity index (χ1v) is 23.0. The van der Waals surface area contributed by atoms with Crippen LogP contribution in [0.4, 0.5) is 0 Å². The van der Waals surface area contributed by atoms with E-state index in [2.05, 4.69) is 46.4 Å². The first-order chi connectivity index (χ1) is 27.4. The van der Waals surface area contributed by atoms with Crippen LogP contribution in [0, 0.1) is 17.8 Å². The number of carboxylic acids is 1. The summed E-state index contributed by atoms with van der Waals surface area (Å²) in [6.45, 7) is 14.8. The number of rotatable bonds is 10. The molecule has 8 aliphatic rings. The highest BCUT2D eigenvalue weighted by Gasteiger charge is 2.72. The van der Waals surface area contributed by atoms with Crippen LogP contribution >= 0.6 is 11.8 Å². The number of aliphatic carboxylic acids is 1. The molecule has 13 nitrogen and oxygen atoms in total. The first kappa shape index (κ1) is 43.5. The van der Waals surface area contributed by atoms with Gasteiger partial charge in [-0.15, -0.1) is 11.8 Å². The second-order valence-corrected chi connectivity index (χ2v) is 21.3. The van der Waals surface area contributed by atoms with Crippen molar-refractivity contribution in [2.75, 3.05) is 6.61 Å². The van der Waals surface area contributed by atoms with Crippen molar-refractivity contribution < 1.29 is 63.5 Å². The molecule has 8 aliphatic heterocycles. The lowest BCUT2D eigenvalue weighted by molar-refractivity contribution is -0.350. The monoisotopic (exact) mass is 836 g/mol. The summed E-state index contributed by atoms with van der Waals surface area (Å²) in [4.78, 5) is 11.7. The Bertz CT molecular complexity index is 1550. The van der Waals surface area contributed by atoms with Crippen molar-refractivity contribution in [1.29, 1.82) is 0 Å². The maximum atomic E-state index is 11.7. The third-order valence-corrected chi connectivity index (χ3v) is 16.7. The molecule has 8 saturated heterocycles. The molecule has 8 heterocycles. The number of carbonyl (C=O) groups is 1. The number of aliphatic hydroxyl groups is 4. The van der Waals surface area contributed by atoms with Crippen molar-refractivity contribution in [3.05, 3.63) is 24.3 Å². The highest BCUT2D eigenvalue weighted by atomic mass is 32.2. The number of hydrogen-bond acceptors (Lipinski definition) is 13. The fourth-order valence-corrected chi connectivity index (χ4v) is 12.7. The Morgan fingerprint density at radius 3 is 2.50 bits per heavy atom. The van der Waals surface area contributed by atoms with Crippen LogP contribution in [0.5, 0.6) is 0 Å². The maximum absolute atomic E-state index is 11.7. The molecule has 0 aliphatic carbocycles. The van der Waals surface area contributed by atoms with Gasteiger partial charge in [0.2, 0.25) is 5.79 Å². The van der Waals surface area contributed by atoms with E-state index in [0.717, 1.165) is 51.6 Å². The summed E-state index contributed by atoms with van der Waals surface area (Å²) in [5.74, 6) is -3.61. The maximum Gasteiger partial charge on any atom is 0.335 e. The van der Waals surface area contributed by atoms with E-state index in [0.29, 0.717) is 50.0 Å². The quantitative estimate of drug-likeness (QED) is 0.144. The number of aliphatic hydroxyl groups excluding tert-OH is 3. The largest absolute Gasteiger partial charge is 0.479 e. The molecule has 0 saturated carbocycles. The van der Waals surface area contributed by atoms with Gasteiger partial charge in [0.25, 0.3) is 0 Å². The number of fused-ring (bicyclic) bond motifs is 3. The minimum absolute atomic E-state index is 0.0406. The molecule has 19 atom stereocenters. The van der Waals surface area contributed by atoms with Gasteiger partial charge < -0.3 is 58.7 Å². The van der Waals surface area contributed by atoms with Crippen LogP contribution in [0.15, 0.2) is 24.3 Å². The van der Waals surface area contributed by atoms with Crippen molar-refractivity contribution in [1.82, 2.24) is 0 Å². The average Bonchev–Trinajstić information content (AvgIpc) is 3.74. The van der Waals surface area contributed by atoms with Gasteiger partial charge in [0, 0.05) is 42.8 Å². The lowest BCUT2D eigenvalue weighted by Crippen LogP contribution is -2.63. The third kappa shape index (κ3) is 8.25. The van der Waals surface area contributed by atoms with E-state index in [1.54, 1.807) is 11.8 Å². The number of thioether (sulfide) groups is 1. The lowest BCUT2D eigenvalue weighted by atomic mass is 9.79. The van der Waals surface area contributed by atoms with Crippen molar-refractivity contribution in [3.63, 3.8) is 0 Å². The molecule has 0 aromatic rings. The molecular weight excluding hydrogens is 769 g/mol. The standard InChI is InChI=1S/C44H68O13S/c1-24(32-23-41(6)38(58-41)44(55-32)33(46)12-11-29(54-44)22-40(5,50)39(48)49)9-10-28-14-18-43(53-28)19-15-31-37(57-43)34(47)27(4)36(52-31)30(45)21-26(3)35-25(2)13-17-42(56-35)16-7-8-20-51-42/h9-10,24-26,28-38,45-47,50H,4,7-8,11-23H2,1-3,5-6H3,(H,48,49)/b10-9+/t24-,25-,26+,28-,29+,30+,31-,32+,33-,34-,35+,36+,37-,38-,40-,41-,42+,43-,44+/m1/s1. The Labute approximate surface area is 347 Å². The van der Waals surface area contributed by atoms with E-state index in [1.807, 2.05) is 0 Å². The van der Waals surface area contributed by atoms with E-state index in [4.69, 9.17) is 33.2 Å². The SMILES string of the molecule is C=C1[C@@H](O)[C@@H]2O[C@]3(CC[C@@H](/C=C/[C@@H](C)[C@@H]4C[C@@]5(C)S[C@H]5[C@@]5(O[C@H](C[C@@](C)(O)C(=O)O)CC[C@H]5O)O4)O3)CC[C@H]2O[C@@H]1[C@@H](O)C[C@H](C)[C@H]1O[C@@]2(CCCCO2)CC[C@H]1C.